The molecule has 1 aromatic carbocycles. The smallest absolute Gasteiger partial charge is 0.410 e. The van der Waals surface area contributed by atoms with Crippen LogP contribution in [0.25, 0.3) is 0 Å². The predicted molar refractivity (Wildman–Crippen MR) is 59.0 cm³/mol. The third-order valence-electron chi connectivity index (χ3n) is 1.78. The van der Waals surface area contributed by atoms with E-state index in [1.807, 2.05) is 37.2 Å². The largest absolute Gasteiger partial charge is 0.412 e. The lowest BCUT2D eigenvalue weighted by Gasteiger charge is -2.10. The van der Waals surface area contributed by atoms with Gasteiger partial charge in [0.25, 0.3) is 0 Å². The molecule has 82 valence electrons. The molecule has 1 rings (SSSR count). The standard InChI is InChI=1S/C11H16N2O2/c1-13(2)9-8-12-11(14)15-10-6-4-3-5-7-10/h3-7H,8-9H2,1-2H3,(H,12,14). The van der Waals surface area contributed by atoms with Gasteiger partial charge in [-0.2, -0.15) is 0 Å². The second-order valence-corrected chi connectivity index (χ2v) is 3.43. The second-order valence-electron chi connectivity index (χ2n) is 3.43. The molecule has 0 aromatic heterocycles. The van der Waals surface area contributed by atoms with Crippen molar-refractivity contribution in [3.8, 4) is 5.75 Å². The van der Waals surface area contributed by atoms with Crippen molar-refractivity contribution >= 4 is 6.09 Å². The minimum Gasteiger partial charge on any atom is -0.410 e. The van der Waals surface area contributed by atoms with Crippen LogP contribution in [0.5, 0.6) is 5.75 Å². The highest BCUT2D eigenvalue weighted by Gasteiger charge is 2.02. The zero-order chi connectivity index (χ0) is 11.1. The van der Waals surface area contributed by atoms with Crippen LogP contribution in [0.4, 0.5) is 4.79 Å². The summed E-state index contributed by atoms with van der Waals surface area (Å²) in [7, 11) is 3.90. The monoisotopic (exact) mass is 208 g/mol. The number of ether oxygens (including phenoxy) is 1. The number of amides is 1. The highest BCUT2D eigenvalue weighted by Crippen LogP contribution is 2.07. The van der Waals surface area contributed by atoms with Crippen molar-refractivity contribution in [1.29, 1.82) is 0 Å². The molecule has 4 heteroatoms. The van der Waals surface area contributed by atoms with Crippen molar-refractivity contribution in [3.05, 3.63) is 30.3 Å². The summed E-state index contributed by atoms with van der Waals surface area (Å²) in [6.45, 7) is 1.38. The predicted octanol–water partition coefficient (Wildman–Crippen LogP) is 1.34. The Morgan fingerprint density at radius 3 is 2.60 bits per heavy atom. The summed E-state index contributed by atoms with van der Waals surface area (Å²) < 4.78 is 5.03. The molecule has 1 N–H and O–H groups in total. The topological polar surface area (TPSA) is 41.6 Å². The summed E-state index contributed by atoms with van der Waals surface area (Å²) >= 11 is 0. The molecule has 0 fully saturated rings. The van der Waals surface area contributed by atoms with Crippen molar-refractivity contribution in [1.82, 2.24) is 10.2 Å². The normalized spacial score (nSPS) is 10.1. The van der Waals surface area contributed by atoms with E-state index in [9.17, 15) is 4.79 Å². The van der Waals surface area contributed by atoms with Gasteiger partial charge in [0.2, 0.25) is 0 Å². The van der Waals surface area contributed by atoms with Gasteiger partial charge < -0.3 is 15.0 Å². The lowest BCUT2D eigenvalue weighted by atomic mass is 10.3. The van der Waals surface area contributed by atoms with E-state index in [0.29, 0.717) is 12.3 Å². The van der Waals surface area contributed by atoms with Crippen molar-refractivity contribution in [3.63, 3.8) is 0 Å². The Kier molecular flexibility index (Phi) is 4.63. The van der Waals surface area contributed by atoms with Gasteiger partial charge in [-0.15, -0.1) is 0 Å². The maximum Gasteiger partial charge on any atom is 0.412 e. The number of nitrogens with zero attached hydrogens (tertiary/aromatic N) is 1. The first kappa shape index (κ1) is 11.5. The molecule has 0 aliphatic heterocycles. The Balaban J connectivity index is 2.25. The van der Waals surface area contributed by atoms with Crippen LogP contribution < -0.4 is 10.1 Å². The SMILES string of the molecule is CN(C)CCNC(=O)Oc1ccccc1. The first-order valence-corrected chi connectivity index (χ1v) is 4.84. The van der Waals surface area contributed by atoms with E-state index in [-0.39, 0.29) is 0 Å². The van der Waals surface area contributed by atoms with Crippen LogP contribution in [0.3, 0.4) is 0 Å². The number of para-hydroxylation sites is 1. The van der Waals surface area contributed by atoms with Crippen molar-refractivity contribution in [2.45, 2.75) is 0 Å². The zero-order valence-electron chi connectivity index (χ0n) is 9.06. The highest BCUT2D eigenvalue weighted by molar-refractivity contribution is 5.70. The summed E-state index contributed by atoms with van der Waals surface area (Å²) in [5, 5.41) is 2.66. The Bertz CT molecular complexity index is 299. The van der Waals surface area contributed by atoms with Gasteiger partial charge in [-0.3, -0.25) is 0 Å². The molecule has 1 aromatic rings. The fourth-order valence-corrected chi connectivity index (χ4v) is 1.01. The summed E-state index contributed by atoms with van der Waals surface area (Å²) in [5.74, 6) is 0.555. The molecular weight excluding hydrogens is 192 g/mol. The van der Waals surface area contributed by atoms with Crippen LogP contribution in [-0.4, -0.2) is 38.2 Å². The Morgan fingerprint density at radius 1 is 1.33 bits per heavy atom. The summed E-state index contributed by atoms with van der Waals surface area (Å²) in [6.07, 6.45) is -0.414. The molecule has 1 amide bonds. The van der Waals surface area contributed by atoms with Crippen LogP contribution in [0, 0.1) is 0 Å². The maximum atomic E-state index is 11.2. The van der Waals surface area contributed by atoms with E-state index in [4.69, 9.17) is 4.74 Å². The van der Waals surface area contributed by atoms with Crippen LogP contribution in [0.15, 0.2) is 30.3 Å². The average molecular weight is 208 g/mol. The number of hydrogen-bond acceptors (Lipinski definition) is 3. The Morgan fingerprint density at radius 2 is 2.00 bits per heavy atom. The Hall–Kier alpha value is -1.55. The molecule has 0 heterocycles. The third-order valence-corrected chi connectivity index (χ3v) is 1.78. The molecule has 0 saturated carbocycles. The van der Waals surface area contributed by atoms with E-state index >= 15 is 0 Å². The van der Waals surface area contributed by atoms with Gasteiger partial charge in [0.1, 0.15) is 5.75 Å². The van der Waals surface area contributed by atoms with Crippen molar-refractivity contribution in [2.24, 2.45) is 0 Å². The van der Waals surface area contributed by atoms with E-state index in [0.717, 1.165) is 6.54 Å². The first-order valence-electron chi connectivity index (χ1n) is 4.84. The fraction of sp³-hybridized carbons (Fsp3) is 0.364. The molecule has 0 atom stereocenters. The number of carbonyl (C=O) groups is 1. The van der Waals surface area contributed by atoms with E-state index < -0.39 is 6.09 Å². The fourth-order valence-electron chi connectivity index (χ4n) is 1.01. The molecule has 0 bridgehead atoms. The highest BCUT2D eigenvalue weighted by atomic mass is 16.5. The van der Waals surface area contributed by atoms with Gasteiger partial charge in [0.15, 0.2) is 0 Å². The van der Waals surface area contributed by atoms with Crippen LogP contribution in [0.1, 0.15) is 0 Å². The van der Waals surface area contributed by atoms with Gasteiger partial charge in [-0.1, -0.05) is 18.2 Å². The molecule has 15 heavy (non-hydrogen) atoms. The van der Waals surface area contributed by atoms with Crippen molar-refractivity contribution < 1.29 is 9.53 Å². The number of nitrogens with one attached hydrogen (secondary N) is 1. The molecule has 0 saturated heterocycles. The Labute approximate surface area is 89.8 Å². The lowest BCUT2D eigenvalue weighted by Crippen LogP contribution is -2.33. The molecule has 4 nitrogen and oxygen atoms in total. The molecule has 0 aliphatic rings. The minimum absolute atomic E-state index is 0.414. The molecule has 0 unspecified atom stereocenters. The molecule has 0 spiro atoms. The summed E-state index contributed by atoms with van der Waals surface area (Å²) in [5.41, 5.74) is 0. The minimum atomic E-state index is -0.414. The summed E-state index contributed by atoms with van der Waals surface area (Å²) in [4.78, 5) is 13.2. The van der Waals surface area contributed by atoms with E-state index in [1.165, 1.54) is 0 Å². The second kappa shape index (κ2) is 6.03. The molecule has 0 radical (unpaired) electrons. The van der Waals surface area contributed by atoms with Gasteiger partial charge in [0.05, 0.1) is 0 Å². The maximum absolute atomic E-state index is 11.2. The van der Waals surface area contributed by atoms with Crippen LogP contribution >= 0.6 is 0 Å². The van der Waals surface area contributed by atoms with Gasteiger partial charge >= 0.3 is 6.09 Å². The summed E-state index contributed by atoms with van der Waals surface area (Å²) in [6, 6.07) is 9.00. The van der Waals surface area contributed by atoms with E-state index in [1.54, 1.807) is 12.1 Å². The van der Waals surface area contributed by atoms with Crippen LogP contribution in [-0.2, 0) is 0 Å². The first-order chi connectivity index (χ1) is 7.18. The number of likely N-dealkylation sites (N-methyl/N-ethyl adjacent to an activating group) is 1. The van der Waals surface area contributed by atoms with Gasteiger partial charge in [-0.05, 0) is 26.2 Å². The molecular formula is C11H16N2O2. The van der Waals surface area contributed by atoms with Gasteiger partial charge in [-0.25, -0.2) is 4.79 Å². The third kappa shape index (κ3) is 5.02. The number of benzene rings is 1. The van der Waals surface area contributed by atoms with Gasteiger partial charge in [0, 0.05) is 13.1 Å². The number of hydrogen-bond donors (Lipinski definition) is 1. The van der Waals surface area contributed by atoms with E-state index in [2.05, 4.69) is 5.32 Å². The van der Waals surface area contributed by atoms with Crippen LogP contribution in [0.2, 0.25) is 0 Å². The zero-order valence-corrected chi connectivity index (χ0v) is 9.06. The lowest BCUT2D eigenvalue weighted by molar-refractivity contribution is 0.199. The van der Waals surface area contributed by atoms with Crippen molar-refractivity contribution in [2.75, 3.05) is 27.2 Å². The quantitative estimate of drug-likeness (QED) is 0.811. The number of rotatable bonds is 4. The number of carbonyl (C=O) groups excluding carboxylic acids is 1. The average Bonchev–Trinajstić information content (AvgIpc) is 2.18. The molecule has 0 aliphatic carbocycles.